The van der Waals surface area contributed by atoms with Crippen molar-refractivity contribution in [3.05, 3.63) is 89.6 Å². The first-order chi connectivity index (χ1) is 16.5. The highest BCUT2D eigenvalue weighted by Crippen LogP contribution is 2.30. The Labute approximate surface area is 199 Å². The average molecular weight is 485 g/mol. The molecule has 182 valence electrons. The number of carbonyl (C=O) groups excluding carboxylic acids is 1. The largest absolute Gasteiger partial charge is 0.484 e. The number of alkyl halides is 2. The van der Waals surface area contributed by atoms with E-state index in [0.29, 0.717) is 34.9 Å². The van der Waals surface area contributed by atoms with Crippen LogP contribution in [0.5, 0.6) is 5.75 Å². The van der Waals surface area contributed by atoms with Crippen LogP contribution in [0.2, 0.25) is 0 Å². The monoisotopic (exact) mass is 485 g/mol. The number of benzene rings is 3. The molecular weight excluding hydrogens is 462 g/mol. The molecule has 35 heavy (non-hydrogen) atoms. The van der Waals surface area contributed by atoms with E-state index in [1.165, 1.54) is 25.1 Å². The molecule has 0 unspecified atom stereocenters. The molecule has 0 bridgehead atoms. The van der Waals surface area contributed by atoms with E-state index in [1.54, 1.807) is 60.3 Å². The highest BCUT2D eigenvalue weighted by atomic mass is 19.3. The number of hydrogen-bond donors (Lipinski definition) is 1. The highest BCUT2D eigenvalue weighted by Gasteiger charge is 2.35. The maximum Gasteiger partial charge on any atom is 0.321 e. The summed E-state index contributed by atoms with van der Waals surface area (Å²) in [4.78, 5) is 11.9. The minimum absolute atomic E-state index is 0.360. The topological polar surface area (TPSA) is 56.1 Å². The minimum atomic E-state index is -3.58. The van der Waals surface area contributed by atoms with Gasteiger partial charge in [0.25, 0.3) is 5.91 Å². The van der Waals surface area contributed by atoms with Crippen LogP contribution in [0.1, 0.15) is 31.1 Å². The van der Waals surface area contributed by atoms with Gasteiger partial charge in [-0.25, -0.2) is 13.5 Å². The lowest BCUT2D eigenvalue weighted by Crippen LogP contribution is -2.46. The van der Waals surface area contributed by atoms with Gasteiger partial charge in [-0.1, -0.05) is 12.1 Å². The van der Waals surface area contributed by atoms with Crippen molar-refractivity contribution >= 4 is 16.8 Å². The first-order valence-corrected chi connectivity index (χ1v) is 10.9. The van der Waals surface area contributed by atoms with Crippen LogP contribution >= 0.6 is 0 Å². The SMILES string of the molecule is Cc1ccc([C@H](Oc2ccc3c(cnn3-c3ccc(F)cc3)c2)[C@H](C)NC(=O)C(C)(F)F)cc1F. The highest BCUT2D eigenvalue weighted by molar-refractivity contribution is 5.83. The van der Waals surface area contributed by atoms with Gasteiger partial charge in [-0.05, 0) is 73.5 Å². The van der Waals surface area contributed by atoms with Crippen LogP contribution < -0.4 is 10.1 Å². The number of halogens is 4. The molecule has 4 aromatic rings. The molecule has 0 saturated heterocycles. The molecule has 0 fully saturated rings. The second-order valence-electron chi connectivity index (χ2n) is 8.45. The molecule has 3 aromatic carbocycles. The van der Waals surface area contributed by atoms with Crippen LogP contribution in [0.25, 0.3) is 16.6 Å². The van der Waals surface area contributed by atoms with Crippen molar-refractivity contribution in [2.75, 3.05) is 0 Å². The van der Waals surface area contributed by atoms with E-state index >= 15 is 0 Å². The summed E-state index contributed by atoms with van der Waals surface area (Å²) in [7, 11) is 0. The number of rotatable bonds is 7. The number of nitrogens with one attached hydrogen (secondary N) is 1. The Morgan fingerprint density at radius 1 is 1.06 bits per heavy atom. The summed E-state index contributed by atoms with van der Waals surface area (Å²) >= 11 is 0. The zero-order valence-corrected chi connectivity index (χ0v) is 19.2. The molecule has 4 rings (SSSR count). The molecular formula is C26H23F4N3O2. The van der Waals surface area contributed by atoms with Crippen molar-refractivity contribution in [2.45, 2.75) is 38.8 Å². The summed E-state index contributed by atoms with van der Waals surface area (Å²) in [6.45, 7) is 3.62. The van der Waals surface area contributed by atoms with Crippen LogP contribution in [0, 0.1) is 18.6 Å². The van der Waals surface area contributed by atoms with Crippen LogP contribution in [0.15, 0.2) is 66.9 Å². The van der Waals surface area contributed by atoms with Crippen molar-refractivity contribution < 1.29 is 27.1 Å². The quantitative estimate of drug-likeness (QED) is 0.332. The minimum Gasteiger partial charge on any atom is -0.484 e. The third-order valence-corrected chi connectivity index (χ3v) is 5.61. The Kier molecular flexibility index (Phi) is 6.51. The molecule has 0 saturated carbocycles. The second-order valence-corrected chi connectivity index (χ2v) is 8.45. The van der Waals surface area contributed by atoms with Gasteiger partial charge in [0, 0.05) is 12.3 Å². The van der Waals surface area contributed by atoms with Crippen LogP contribution in [0.4, 0.5) is 17.6 Å². The molecule has 0 aliphatic carbocycles. The summed E-state index contributed by atoms with van der Waals surface area (Å²) in [5, 5.41) is 7.31. The van der Waals surface area contributed by atoms with Crippen molar-refractivity contribution in [3.8, 4) is 11.4 Å². The van der Waals surface area contributed by atoms with Crippen molar-refractivity contribution in [2.24, 2.45) is 0 Å². The van der Waals surface area contributed by atoms with Crippen LogP contribution in [0.3, 0.4) is 0 Å². The molecule has 0 aliphatic rings. The molecule has 1 aromatic heterocycles. The van der Waals surface area contributed by atoms with Gasteiger partial charge in [0.1, 0.15) is 23.5 Å². The van der Waals surface area contributed by atoms with E-state index in [1.807, 2.05) is 0 Å². The Balaban J connectivity index is 1.66. The van der Waals surface area contributed by atoms with E-state index < -0.39 is 29.8 Å². The Bertz CT molecular complexity index is 1360. The summed E-state index contributed by atoms with van der Waals surface area (Å²) in [6, 6.07) is 14.5. The Morgan fingerprint density at radius 2 is 1.77 bits per heavy atom. The van der Waals surface area contributed by atoms with E-state index in [0.717, 1.165) is 5.52 Å². The number of nitrogens with zero attached hydrogens (tertiary/aromatic N) is 2. The zero-order chi connectivity index (χ0) is 25.3. The first kappa shape index (κ1) is 24.3. The zero-order valence-electron chi connectivity index (χ0n) is 19.2. The Morgan fingerprint density at radius 3 is 2.43 bits per heavy atom. The van der Waals surface area contributed by atoms with Gasteiger partial charge in [-0.2, -0.15) is 13.9 Å². The molecule has 0 radical (unpaired) electrons. The van der Waals surface area contributed by atoms with E-state index in [9.17, 15) is 22.4 Å². The molecule has 9 heteroatoms. The molecule has 5 nitrogen and oxygen atoms in total. The number of carbonyl (C=O) groups is 1. The summed E-state index contributed by atoms with van der Waals surface area (Å²) in [6.07, 6.45) is 0.649. The number of aryl methyl sites for hydroxylation is 1. The molecule has 1 N–H and O–H groups in total. The van der Waals surface area contributed by atoms with Gasteiger partial charge in [-0.3, -0.25) is 4.79 Å². The normalized spacial score (nSPS) is 13.5. The maximum absolute atomic E-state index is 14.3. The Hall–Kier alpha value is -3.88. The predicted molar refractivity (Wildman–Crippen MR) is 124 cm³/mol. The van der Waals surface area contributed by atoms with E-state index in [-0.39, 0.29) is 5.82 Å². The number of fused-ring (bicyclic) bond motifs is 1. The number of ether oxygens (including phenoxy) is 1. The smallest absolute Gasteiger partial charge is 0.321 e. The van der Waals surface area contributed by atoms with E-state index in [2.05, 4.69) is 10.4 Å². The van der Waals surface area contributed by atoms with Gasteiger partial charge in [-0.15, -0.1) is 0 Å². The number of hydrogen-bond acceptors (Lipinski definition) is 3. The standard InChI is InChI=1S/C26H23F4N3O2/c1-15-4-5-17(13-22(15)28)24(16(2)32-25(34)26(3,29)30)35-21-10-11-23-18(12-21)14-31-33(23)20-8-6-19(27)7-9-20/h4-14,16,24H,1-3H3,(H,32,34)/t16-,24+/m0/s1. The van der Waals surface area contributed by atoms with Crippen molar-refractivity contribution in [1.29, 1.82) is 0 Å². The predicted octanol–water partition coefficient (Wildman–Crippen LogP) is 5.89. The van der Waals surface area contributed by atoms with Gasteiger partial charge >= 0.3 is 5.92 Å². The van der Waals surface area contributed by atoms with Crippen LogP contribution in [-0.2, 0) is 4.79 Å². The fraction of sp³-hybridized carbons (Fsp3) is 0.231. The number of amides is 1. The summed E-state index contributed by atoms with van der Waals surface area (Å²) < 4.78 is 62.3. The van der Waals surface area contributed by atoms with Crippen molar-refractivity contribution in [3.63, 3.8) is 0 Å². The molecule has 2 atom stereocenters. The lowest BCUT2D eigenvalue weighted by atomic mass is 10.0. The lowest BCUT2D eigenvalue weighted by Gasteiger charge is -2.27. The van der Waals surface area contributed by atoms with Crippen molar-refractivity contribution in [1.82, 2.24) is 15.1 Å². The molecule has 0 aliphatic heterocycles. The fourth-order valence-electron chi connectivity index (χ4n) is 3.67. The van der Waals surface area contributed by atoms with E-state index in [4.69, 9.17) is 4.74 Å². The third-order valence-electron chi connectivity index (χ3n) is 5.61. The molecule has 1 amide bonds. The van der Waals surface area contributed by atoms with Gasteiger partial charge < -0.3 is 10.1 Å². The van der Waals surface area contributed by atoms with Crippen LogP contribution in [-0.4, -0.2) is 27.7 Å². The first-order valence-electron chi connectivity index (χ1n) is 10.9. The molecule has 0 spiro atoms. The van der Waals surface area contributed by atoms with Gasteiger partial charge in [0.2, 0.25) is 0 Å². The number of aromatic nitrogens is 2. The van der Waals surface area contributed by atoms with Gasteiger partial charge in [0.15, 0.2) is 0 Å². The average Bonchev–Trinajstić information content (AvgIpc) is 3.22. The fourth-order valence-corrected chi connectivity index (χ4v) is 3.67. The third kappa shape index (κ3) is 5.29. The lowest BCUT2D eigenvalue weighted by molar-refractivity contribution is -0.144. The molecule has 1 heterocycles. The second kappa shape index (κ2) is 9.40. The summed E-state index contributed by atoms with van der Waals surface area (Å²) in [5.74, 6) is -5.51. The summed E-state index contributed by atoms with van der Waals surface area (Å²) in [5.41, 5.74) is 2.19. The van der Waals surface area contributed by atoms with Gasteiger partial charge in [0.05, 0.1) is 23.4 Å². The maximum atomic E-state index is 14.3.